The van der Waals surface area contributed by atoms with E-state index in [4.69, 9.17) is 4.98 Å². The molecule has 2 heteroatoms. The highest BCUT2D eigenvalue weighted by molar-refractivity contribution is 7.26. The summed E-state index contributed by atoms with van der Waals surface area (Å²) >= 11 is 1.88. The van der Waals surface area contributed by atoms with Gasteiger partial charge in [0, 0.05) is 41.9 Å². The average molecular weight is 800 g/mol. The molecule has 0 radical (unpaired) electrons. The highest BCUT2D eigenvalue weighted by Gasteiger charge is 2.52. The average Bonchev–Trinajstić information content (AvgIpc) is 3.97. The first kappa shape index (κ1) is 33.1. The molecule has 0 fully saturated rings. The molecule has 13 aromatic rings. The van der Waals surface area contributed by atoms with Crippen LogP contribution in [0.5, 0.6) is 0 Å². The number of rotatable bonds is 2. The topological polar surface area (TPSA) is 12.9 Å². The second kappa shape index (κ2) is 11.8. The van der Waals surface area contributed by atoms with Crippen LogP contribution in [0.3, 0.4) is 0 Å². The van der Waals surface area contributed by atoms with Crippen molar-refractivity contribution in [2.24, 2.45) is 0 Å². The molecule has 62 heavy (non-hydrogen) atoms. The number of hydrogen-bond donors (Lipinski definition) is 0. The molecule has 0 amide bonds. The lowest BCUT2D eigenvalue weighted by Crippen LogP contribution is -2.25. The Morgan fingerprint density at radius 2 is 0.935 bits per heavy atom. The van der Waals surface area contributed by atoms with E-state index in [1.807, 2.05) is 11.3 Å². The van der Waals surface area contributed by atoms with Crippen LogP contribution in [-0.4, -0.2) is 4.98 Å². The molecule has 1 spiro atoms. The molecule has 284 valence electrons. The van der Waals surface area contributed by atoms with Gasteiger partial charge in [-0.3, -0.25) is 0 Å². The lowest BCUT2D eigenvalue weighted by Gasteiger charge is -2.30. The fourth-order valence-electron chi connectivity index (χ4n) is 12.0. The molecule has 0 aliphatic heterocycles. The quantitative estimate of drug-likeness (QED) is 0.159. The minimum Gasteiger partial charge on any atom is -0.247 e. The van der Waals surface area contributed by atoms with E-state index in [2.05, 4.69) is 200 Å². The Hall–Kier alpha value is -7.65. The van der Waals surface area contributed by atoms with E-state index in [0.717, 1.165) is 16.8 Å². The van der Waals surface area contributed by atoms with Crippen LogP contribution < -0.4 is 0 Å². The number of pyridine rings is 1. The van der Waals surface area contributed by atoms with Crippen molar-refractivity contribution in [1.82, 2.24) is 4.98 Å². The Labute approximate surface area is 361 Å². The zero-order chi connectivity index (χ0) is 40.3. The Morgan fingerprint density at radius 3 is 1.69 bits per heavy atom. The van der Waals surface area contributed by atoms with Crippen LogP contribution in [0, 0.1) is 0 Å². The summed E-state index contributed by atoms with van der Waals surface area (Å²) in [7, 11) is 0. The summed E-state index contributed by atoms with van der Waals surface area (Å²) in [5, 5.41) is 14.0. The first-order valence-corrected chi connectivity index (χ1v) is 22.3. The second-order valence-corrected chi connectivity index (χ2v) is 18.4. The van der Waals surface area contributed by atoms with Crippen LogP contribution in [0.1, 0.15) is 22.3 Å². The zero-order valence-electron chi connectivity index (χ0n) is 33.4. The summed E-state index contributed by atoms with van der Waals surface area (Å²) < 4.78 is 2.61. The van der Waals surface area contributed by atoms with E-state index in [0.29, 0.717) is 0 Å². The van der Waals surface area contributed by atoms with Crippen molar-refractivity contribution in [1.29, 1.82) is 0 Å². The molecular formula is C60H33NS. The van der Waals surface area contributed by atoms with Crippen molar-refractivity contribution in [2.45, 2.75) is 5.41 Å². The standard InChI is InChI=1S/C60H33NS/c1-5-18-47-41(13-1)42-14-2-6-19-48(42)60(47)49-20-7-3-15-43(49)56-40(17-10-21-50(56)60)36-27-29-51-46(33-36)57-45(28-30-53-58(57)44-16-4-8-22-52(44)62-53)59(61-51)39-31-37-25-23-34-11-9-12-35-24-26-38(32-39)55(37)54(34)35/h1-33H. The molecule has 0 unspecified atom stereocenters. The second-order valence-electron chi connectivity index (χ2n) is 17.3. The molecule has 11 aromatic carbocycles. The van der Waals surface area contributed by atoms with Crippen LogP contribution in [0.4, 0.5) is 0 Å². The number of fused-ring (bicyclic) bond motifs is 17. The predicted octanol–water partition coefficient (Wildman–Crippen LogP) is 16.3. The smallest absolute Gasteiger partial charge is 0.0788 e. The first-order valence-electron chi connectivity index (χ1n) is 21.5. The van der Waals surface area contributed by atoms with E-state index < -0.39 is 0 Å². The molecule has 0 saturated heterocycles. The molecule has 2 aromatic heterocycles. The Bertz CT molecular complexity index is 4000. The van der Waals surface area contributed by atoms with Gasteiger partial charge in [0.25, 0.3) is 0 Å². The normalized spacial score (nSPS) is 13.6. The lowest BCUT2D eigenvalue weighted by molar-refractivity contribution is 0.794. The molecule has 0 N–H and O–H groups in total. The zero-order valence-corrected chi connectivity index (χ0v) is 34.2. The van der Waals surface area contributed by atoms with Gasteiger partial charge in [-0.1, -0.05) is 164 Å². The van der Waals surface area contributed by atoms with E-state index in [9.17, 15) is 0 Å². The van der Waals surface area contributed by atoms with E-state index >= 15 is 0 Å². The van der Waals surface area contributed by atoms with Gasteiger partial charge in [-0.05, 0) is 124 Å². The summed E-state index contributed by atoms with van der Waals surface area (Å²) in [6.07, 6.45) is 0. The van der Waals surface area contributed by atoms with Gasteiger partial charge >= 0.3 is 0 Å². The molecule has 0 saturated carbocycles. The third-order valence-electron chi connectivity index (χ3n) is 14.4. The third kappa shape index (κ3) is 4.06. The Kier molecular flexibility index (Phi) is 6.30. The maximum Gasteiger partial charge on any atom is 0.0788 e. The minimum absolute atomic E-state index is 0.390. The third-order valence-corrected chi connectivity index (χ3v) is 15.5. The van der Waals surface area contributed by atoms with Crippen LogP contribution in [0.15, 0.2) is 200 Å². The van der Waals surface area contributed by atoms with Gasteiger partial charge in [0.05, 0.1) is 16.6 Å². The maximum absolute atomic E-state index is 5.64. The molecule has 0 atom stereocenters. The van der Waals surface area contributed by atoms with Crippen molar-refractivity contribution >= 4 is 85.5 Å². The molecule has 0 bridgehead atoms. The van der Waals surface area contributed by atoms with Crippen LogP contribution in [0.25, 0.3) is 119 Å². The number of benzene rings is 11. The Balaban J connectivity index is 1.02. The van der Waals surface area contributed by atoms with Crippen molar-refractivity contribution in [2.75, 3.05) is 0 Å². The molecule has 15 rings (SSSR count). The van der Waals surface area contributed by atoms with Crippen molar-refractivity contribution < 1.29 is 0 Å². The monoisotopic (exact) mass is 799 g/mol. The van der Waals surface area contributed by atoms with Gasteiger partial charge in [-0.25, -0.2) is 4.98 Å². The maximum atomic E-state index is 5.64. The fourth-order valence-corrected chi connectivity index (χ4v) is 13.1. The van der Waals surface area contributed by atoms with Gasteiger partial charge < -0.3 is 0 Å². The van der Waals surface area contributed by atoms with E-state index in [-0.39, 0.29) is 5.41 Å². The van der Waals surface area contributed by atoms with E-state index in [1.165, 1.54) is 124 Å². The fraction of sp³-hybridized carbons (Fsp3) is 0.0167. The number of nitrogens with zero attached hydrogens (tertiary/aromatic N) is 1. The first-order chi connectivity index (χ1) is 30.7. The molecule has 1 nitrogen and oxygen atoms in total. The highest BCUT2D eigenvalue weighted by atomic mass is 32.1. The lowest BCUT2D eigenvalue weighted by atomic mass is 9.70. The van der Waals surface area contributed by atoms with Gasteiger partial charge in [0.1, 0.15) is 0 Å². The summed E-state index contributed by atoms with van der Waals surface area (Å²) in [5.41, 5.74) is 16.0. The number of aromatic nitrogens is 1. The van der Waals surface area contributed by atoms with Crippen molar-refractivity contribution in [3.05, 3.63) is 222 Å². The predicted molar refractivity (Wildman–Crippen MR) is 263 cm³/mol. The molecular weight excluding hydrogens is 767 g/mol. The molecule has 2 heterocycles. The number of thiophene rings is 1. The summed E-state index contributed by atoms with van der Waals surface area (Å²) in [6, 6.07) is 75.3. The minimum atomic E-state index is -0.390. The summed E-state index contributed by atoms with van der Waals surface area (Å²) in [4.78, 5) is 5.64. The van der Waals surface area contributed by atoms with E-state index in [1.54, 1.807) is 0 Å². The molecule has 2 aliphatic rings. The van der Waals surface area contributed by atoms with Crippen molar-refractivity contribution in [3.63, 3.8) is 0 Å². The summed E-state index contributed by atoms with van der Waals surface area (Å²) in [6.45, 7) is 0. The van der Waals surface area contributed by atoms with Crippen LogP contribution in [0.2, 0.25) is 0 Å². The number of hydrogen-bond acceptors (Lipinski definition) is 2. The largest absolute Gasteiger partial charge is 0.247 e. The van der Waals surface area contributed by atoms with Crippen LogP contribution >= 0.6 is 11.3 Å². The molecule has 2 aliphatic carbocycles. The van der Waals surface area contributed by atoms with Gasteiger partial charge in [-0.2, -0.15) is 0 Å². The van der Waals surface area contributed by atoms with Gasteiger partial charge in [0.15, 0.2) is 0 Å². The Morgan fingerprint density at radius 1 is 0.339 bits per heavy atom. The van der Waals surface area contributed by atoms with Crippen LogP contribution in [-0.2, 0) is 5.41 Å². The summed E-state index contributed by atoms with van der Waals surface area (Å²) in [5.74, 6) is 0. The highest BCUT2D eigenvalue weighted by Crippen LogP contribution is 2.64. The van der Waals surface area contributed by atoms with Crippen molar-refractivity contribution in [3.8, 4) is 44.6 Å². The van der Waals surface area contributed by atoms with Gasteiger partial charge in [-0.15, -0.1) is 11.3 Å². The van der Waals surface area contributed by atoms with Gasteiger partial charge in [0.2, 0.25) is 0 Å². The SMILES string of the molecule is c1ccc2c(c1)-c1ccccc1C21c2ccccc2-c2c(-c3ccc4nc(-c5cc6ccc7cccc8ccc(c5)c6c78)c5ccc6sc7ccccc7c6c5c4c3)cccc21.